The van der Waals surface area contributed by atoms with Gasteiger partial charge in [0.1, 0.15) is 0 Å². The van der Waals surface area contributed by atoms with Crippen LogP contribution in [0, 0.1) is 0 Å². The SMILES string of the molecule is c1ccc(-c2nc(-c3ccccc3)nc(-c3ccc(-c4ccccc4)c(-n4c5ccccc5c5ccc(-c6ccccc6-c6ccccc6)cc54)c3)n2)cc1. The Morgan fingerprint density at radius 3 is 1.31 bits per heavy atom. The van der Waals surface area contributed by atoms with Crippen LogP contribution in [0.5, 0.6) is 0 Å². The summed E-state index contributed by atoms with van der Waals surface area (Å²) in [6.07, 6.45) is 0. The van der Waals surface area contributed by atoms with Gasteiger partial charge < -0.3 is 4.57 Å². The van der Waals surface area contributed by atoms with Gasteiger partial charge in [-0.15, -0.1) is 0 Å². The van der Waals surface area contributed by atoms with E-state index in [1.54, 1.807) is 0 Å². The van der Waals surface area contributed by atoms with E-state index in [9.17, 15) is 0 Å². The van der Waals surface area contributed by atoms with Crippen molar-refractivity contribution in [2.45, 2.75) is 0 Å². The third kappa shape index (κ3) is 5.96. The maximum atomic E-state index is 5.11. The molecule has 0 N–H and O–H groups in total. The van der Waals surface area contributed by atoms with Gasteiger partial charge in [-0.3, -0.25) is 0 Å². The molecule has 4 heteroatoms. The summed E-state index contributed by atoms with van der Waals surface area (Å²) in [5.74, 6) is 1.89. The molecule has 258 valence electrons. The maximum Gasteiger partial charge on any atom is 0.164 e. The fourth-order valence-electron chi connectivity index (χ4n) is 7.66. The van der Waals surface area contributed by atoms with Gasteiger partial charge in [0.2, 0.25) is 0 Å². The van der Waals surface area contributed by atoms with Gasteiger partial charge in [-0.2, -0.15) is 0 Å². The molecular weight excluding hydrogens is 669 g/mol. The highest BCUT2D eigenvalue weighted by atomic mass is 15.0. The Balaban J connectivity index is 1.24. The monoisotopic (exact) mass is 702 g/mol. The van der Waals surface area contributed by atoms with E-state index < -0.39 is 0 Å². The first-order chi connectivity index (χ1) is 27.3. The summed E-state index contributed by atoms with van der Waals surface area (Å²) in [7, 11) is 0. The van der Waals surface area contributed by atoms with Gasteiger partial charge in [-0.1, -0.05) is 188 Å². The molecule has 0 amide bonds. The van der Waals surface area contributed by atoms with Gasteiger partial charge in [0, 0.05) is 33.0 Å². The van der Waals surface area contributed by atoms with Gasteiger partial charge >= 0.3 is 0 Å². The molecule has 2 aromatic heterocycles. The molecule has 0 aliphatic heterocycles. The molecule has 0 atom stereocenters. The van der Waals surface area contributed by atoms with Crippen LogP contribution in [0.25, 0.3) is 95.0 Å². The van der Waals surface area contributed by atoms with E-state index in [4.69, 9.17) is 15.0 Å². The van der Waals surface area contributed by atoms with Crippen molar-refractivity contribution in [3.8, 4) is 73.2 Å². The topological polar surface area (TPSA) is 43.6 Å². The summed E-state index contributed by atoms with van der Waals surface area (Å²) in [5.41, 5.74) is 13.1. The highest BCUT2D eigenvalue weighted by molar-refractivity contribution is 6.11. The van der Waals surface area contributed by atoms with Crippen LogP contribution in [0.15, 0.2) is 206 Å². The van der Waals surface area contributed by atoms with Crippen LogP contribution in [0.4, 0.5) is 0 Å². The number of fused-ring (bicyclic) bond motifs is 3. The average Bonchev–Trinajstić information content (AvgIpc) is 3.61. The summed E-state index contributed by atoms with van der Waals surface area (Å²) in [5, 5.41) is 2.39. The lowest BCUT2D eigenvalue weighted by atomic mass is 9.94. The van der Waals surface area contributed by atoms with Crippen LogP contribution in [0.2, 0.25) is 0 Å². The molecule has 2 heterocycles. The largest absolute Gasteiger partial charge is 0.309 e. The summed E-state index contributed by atoms with van der Waals surface area (Å²) >= 11 is 0. The molecule has 0 aliphatic carbocycles. The molecule has 0 unspecified atom stereocenters. The summed E-state index contributed by atoms with van der Waals surface area (Å²) in [6.45, 7) is 0. The van der Waals surface area contributed by atoms with Crippen LogP contribution in [-0.4, -0.2) is 19.5 Å². The maximum absolute atomic E-state index is 5.11. The number of hydrogen-bond donors (Lipinski definition) is 0. The van der Waals surface area contributed by atoms with Gasteiger partial charge in [0.25, 0.3) is 0 Å². The molecule has 55 heavy (non-hydrogen) atoms. The minimum Gasteiger partial charge on any atom is -0.309 e. The van der Waals surface area contributed by atoms with Crippen molar-refractivity contribution in [2.75, 3.05) is 0 Å². The van der Waals surface area contributed by atoms with Gasteiger partial charge in [0.05, 0.1) is 16.7 Å². The van der Waals surface area contributed by atoms with Crippen molar-refractivity contribution in [3.63, 3.8) is 0 Å². The van der Waals surface area contributed by atoms with E-state index in [-0.39, 0.29) is 0 Å². The first-order valence-corrected chi connectivity index (χ1v) is 18.5. The molecule has 0 fully saturated rings. The Kier molecular flexibility index (Phi) is 8.12. The third-order valence-corrected chi connectivity index (χ3v) is 10.3. The van der Waals surface area contributed by atoms with Crippen LogP contribution >= 0.6 is 0 Å². The smallest absolute Gasteiger partial charge is 0.164 e. The molecule has 8 aromatic carbocycles. The van der Waals surface area contributed by atoms with E-state index >= 15 is 0 Å². The van der Waals surface area contributed by atoms with Crippen molar-refractivity contribution in [1.82, 2.24) is 19.5 Å². The number of hydrogen-bond acceptors (Lipinski definition) is 3. The molecule has 0 saturated carbocycles. The van der Waals surface area contributed by atoms with E-state index in [1.165, 1.54) is 27.5 Å². The molecule has 0 aliphatic rings. The zero-order valence-corrected chi connectivity index (χ0v) is 29.9. The highest BCUT2D eigenvalue weighted by Crippen LogP contribution is 2.41. The summed E-state index contributed by atoms with van der Waals surface area (Å²) < 4.78 is 2.42. The Bertz CT molecular complexity index is 2900. The van der Waals surface area contributed by atoms with E-state index in [2.05, 4.69) is 150 Å². The van der Waals surface area contributed by atoms with Crippen molar-refractivity contribution in [3.05, 3.63) is 206 Å². The molecule has 0 spiro atoms. The number of rotatable bonds is 7. The second-order valence-electron chi connectivity index (χ2n) is 13.6. The summed E-state index contributed by atoms with van der Waals surface area (Å²) in [4.78, 5) is 15.2. The second kappa shape index (κ2) is 13.8. The zero-order valence-electron chi connectivity index (χ0n) is 29.9. The normalized spacial score (nSPS) is 11.3. The van der Waals surface area contributed by atoms with Gasteiger partial charge in [-0.25, -0.2) is 15.0 Å². The number of nitrogens with zero attached hydrogens (tertiary/aromatic N) is 4. The Hall–Kier alpha value is -7.43. The predicted octanol–water partition coefficient (Wildman–Crippen LogP) is 13.0. The van der Waals surface area contributed by atoms with Crippen molar-refractivity contribution in [1.29, 1.82) is 0 Å². The second-order valence-corrected chi connectivity index (χ2v) is 13.6. The molecule has 0 saturated heterocycles. The average molecular weight is 703 g/mol. The van der Waals surface area contributed by atoms with Gasteiger partial charge in [0.15, 0.2) is 17.5 Å². The molecule has 10 aromatic rings. The van der Waals surface area contributed by atoms with E-state index in [1.807, 2.05) is 60.7 Å². The zero-order chi connectivity index (χ0) is 36.6. The van der Waals surface area contributed by atoms with Crippen LogP contribution < -0.4 is 0 Å². The fourth-order valence-corrected chi connectivity index (χ4v) is 7.66. The minimum absolute atomic E-state index is 0.617. The number of para-hydroxylation sites is 1. The van der Waals surface area contributed by atoms with Crippen LogP contribution in [0.1, 0.15) is 0 Å². The number of benzene rings is 8. The Labute approximate surface area is 319 Å². The molecule has 4 nitrogen and oxygen atoms in total. The first kappa shape index (κ1) is 32.2. The standard InChI is InChI=1S/C51H34N4/c1-5-17-35(18-6-1)41-25-13-14-26-42(41)39-29-32-45-44-27-15-16-28-46(44)55(48(45)33-39)47-34-40(30-31-43(47)36-19-7-2-8-20-36)51-53-49(37-21-9-3-10-22-37)52-50(54-51)38-23-11-4-12-24-38/h1-34H. The Morgan fingerprint density at radius 1 is 0.273 bits per heavy atom. The van der Waals surface area contributed by atoms with Crippen molar-refractivity contribution >= 4 is 21.8 Å². The van der Waals surface area contributed by atoms with Gasteiger partial charge in [-0.05, 0) is 46.0 Å². The van der Waals surface area contributed by atoms with E-state index in [0.717, 1.165) is 50.1 Å². The Morgan fingerprint density at radius 2 is 0.709 bits per heavy atom. The number of aromatic nitrogens is 4. The van der Waals surface area contributed by atoms with Crippen molar-refractivity contribution < 1.29 is 0 Å². The quantitative estimate of drug-likeness (QED) is 0.166. The highest BCUT2D eigenvalue weighted by Gasteiger charge is 2.20. The minimum atomic E-state index is 0.617. The molecule has 0 bridgehead atoms. The van der Waals surface area contributed by atoms with Crippen molar-refractivity contribution in [2.24, 2.45) is 0 Å². The molecule has 10 rings (SSSR count). The van der Waals surface area contributed by atoms with Crippen LogP contribution in [0.3, 0.4) is 0 Å². The first-order valence-electron chi connectivity index (χ1n) is 18.5. The molecular formula is C51H34N4. The predicted molar refractivity (Wildman–Crippen MR) is 227 cm³/mol. The lowest BCUT2D eigenvalue weighted by Gasteiger charge is -2.17. The van der Waals surface area contributed by atoms with E-state index in [0.29, 0.717) is 17.5 Å². The lowest BCUT2D eigenvalue weighted by molar-refractivity contribution is 1.07. The molecule has 0 radical (unpaired) electrons. The fraction of sp³-hybridized carbons (Fsp3) is 0. The van der Waals surface area contributed by atoms with Crippen LogP contribution in [-0.2, 0) is 0 Å². The lowest BCUT2D eigenvalue weighted by Crippen LogP contribution is -2.02. The summed E-state index contributed by atoms with van der Waals surface area (Å²) in [6, 6.07) is 72.4. The third-order valence-electron chi connectivity index (χ3n) is 10.3.